The average molecular weight is 529 g/mol. The van der Waals surface area contributed by atoms with Crippen molar-refractivity contribution in [1.82, 2.24) is 0 Å². The lowest BCUT2D eigenvalue weighted by Crippen LogP contribution is -2.15. The van der Waals surface area contributed by atoms with E-state index in [1.807, 2.05) is 34.7 Å². The van der Waals surface area contributed by atoms with E-state index in [0.717, 1.165) is 4.90 Å². The molecule has 5 nitrogen and oxygen atoms in total. The number of nitriles is 2. The largest absolute Gasteiger partial charge is 0.453 e. The van der Waals surface area contributed by atoms with Crippen molar-refractivity contribution in [1.29, 1.82) is 10.5 Å². The van der Waals surface area contributed by atoms with Crippen LogP contribution in [0.25, 0.3) is 0 Å². The number of thiol groups is 1. The topological polar surface area (TPSA) is 85.9 Å². The van der Waals surface area contributed by atoms with Crippen LogP contribution in [0.5, 0.6) is 11.5 Å². The third kappa shape index (κ3) is 5.29. The second-order valence-electron chi connectivity index (χ2n) is 6.19. The monoisotopic (exact) mass is 529 g/mol. The summed E-state index contributed by atoms with van der Waals surface area (Å²) < 4.78 is 21.2. The van der Waals surface area contributed by atoms with Crippen LogP contribution in [0.2, 0.25) is 0 Å². The summed E-state index contributed by atoms with van der Waals surface area (Å²) in [5, 5.41) is 20.9. The molecule has 0 atom stereocenters. The van der Waals surface area contributed by atoms with E-state index < -0.39 is 5.82 Å². The van der Waals surface area contributed by atoms with Gasteiger partial charge in [-0.15, -0.1) is 12.6 Å². The summed E-state index contributed by atoms with van der Waals surface area (Å²) in [5.74, 6) is -0.968. The van der Waals surface area contributed by atoms with E-state index in [-0.39, 0.29) is 40.5 Å². The van der Waals surface area contributed by atoms with Gasteiger partial charge in [0.05, 0.1) is 33.3 Å². The summed E-state index contributed by atoms with van der Waals surface area (Å²) >= 11 is 6.11. The zero-order valence-corrected chi connectivity index (χ0v) is 18.4. The van der Waals surface area contributed by atoms with Crippen LogP contribution in [0.15, 0.2) is 59.5 Å². The molecule has 1 N–H and O–H groups in total. The lowest BCUT2D eigenvalue weighted by atomic mass is 10.1. The van der Waals surface area contributed by atoms with Gasteiger partial charge in [0.15, 0.2) is 11.6 Å². The highest BCUT2D eigenvalue weighted by molar-refractivity contribution is 14.1. The second kappa shape index (κ2) is 9.61. The number of ether oxygens (including phenoxy) is 1. The summed E-state index contributed by atoms with van der Waals surface area (Å²) in [4.78, 5) is 13.1. The van der Waals surface area contributed by atoms with E-state index in [4.69, 9.17) is 15.3 Å². The molecule has 8 heteroatoms. The first-order chi connectivity index (χ1) is 14.4. The molecule has 3 aromatic carbocycles. The first-order valence-corrected chi connectivity index (χ1v) is 10.1. The predicted molar refractivity (Wildman–Crippen MR) is 121 cm³/mol. The number of carbonyl (C=O) groups excluding carboxylic acids is 1. The average Bonchev–Trinajstić information content (AvgIpc) is 2.74. The maximum Gasteiger partial charge on any atom is 0.228 e. The van der Waals surface area contributed by atoms with Gasteiger partial charge in [0.25, 0.3) is 0 Å². The molecule has 148 valence electrons. The quantitative estimate of drug-likeness (QED) is 0.341. The zero-order valence-electron chi connectivity index (χ0n) is 15.3. The lowest BCUT2D eigenvalue weighted by Gasteiger charge is -2.13. The highest BCUT2D eigenvalue weighted by Crippen LogP contribution is 2.33. The van der Waals surface area contributed by atoms with Gasteiger partial charge in [-0.1, -0.05) is 6.07 Å². The standard InChI is InChI=1S/C22H13FIN3O2S/c23-21-15(10-20(28)27-16-2-4-18(30)5-3-16)1-6-19(24)22(21)29-17-8-13(11-25)7-14(9-17)12-26/h1-9,30H,10H2,(H,27,28). The van der Waals surface area contributed by atoms with E-state index in [2.05, 4.69) is 17.9 Å². The van der Waals surface area contributed by atoms with Gasteiger partial charge in [-0.25, -0.2) is 4.39 Å². The molecular weight excluding hydrogens is 516 g/mol. The summed E-state index contributed by atoms with van der Waals surface area (Å²) in [5.41, 5.74) is 1.19. The van der Waals surface area contributed by atoms with Crippen molar-refractivity contribution < 1.29 is 13.9 Å². The molecule has 0 aliphatic rings. The summed E-state index contributed by atoms with van der Waals surface area (Å²) in [6.07, 6.45) is -0.191. The number of benzene rings is 3. The molecule has 1 amide bonds. The molecule has 3 aromatic rings. The van der Waals surface area contributed by atoms with Gasteiger partial charge in [-0.3, -0.25) is 4.79 Å². The van der Waals surface area contributed by atoms with Crippen molar-refractivity contribution in [3.05, 3.63) is 80.7 Å². The molecule has 0 unspecified atom stereocenters. The fraction of sp³-hybridized carbons (Fsp3) is 0.0455. The number of amides is 1. The van der Waals surface area contributed by atoms with Gasteiger partial charge >= 0.3 is 0 Å². The van der Waals surface area contributed by atoms with E-state index >= 15 is 4.39 Å². The smallest absolute Gasteiger partial charge is 0.228 e. The van der Waals surface area contributed by atoms with Crippen LogP contribution < -0.4 is 10.1 Å². The number of halogens is 2. The molecule has 0 spiro atoms. The van der Waals surface area contributed by atoms with E-state index in [1.54, 1.807) is 30.3 Å². The number of nitrogens with one attached hydrogen (secondary N) is 1. The maximum absolute atomic E-state index is 15.1. The second-order valence-corrected chi connectivity index (χ2v) is 7.87. The Hall–Kier alpha value is -3.08. The molecular formula is C22H13FIN3O2S. The number of rotatable bonds is 5. The minimum Gasteiger partial charge on any atom is -0.453 e. The van der Waals surface area contributed by atoms with Crippen molar-refractivity contribution in [2.24, 2.45) is 0 Å². The van der Waals surface area contributed by atoms with Crippen LogP contribution in [0, 0.1) is 32.0 Å². The van der Waals surface area contributed by atoms with E-state index in [9.17, 15) is 4.79 Å². The molecule has 0 radical (unpaired) electrons. The predicted octanol–water partition coefficient (Wildman–Crippen LogP) is 5.44. The van der Waals surface area contributed by atoms with Crippen LogP contribution >= 0.6 is 35.2 Å². The summed E-state index contributed by atoms with van der Waals surface area (Å²) in [7, 11) is 0. The molecule has 0 aromatic heterocycles. The zero-order chi connectivity index (χ0) is 21.7. The highest BCUT2D eigenvalue weighted by Gasteiger charge is 2.17. The van der Waals surface area contributed by atoms with Gasteiger partial charge in [-0.05, 0) is 71.1 Å². The minimum atomic E-state index is -0.677. The molecule has 0 saturated carbocycles. The molecule has 0 saturated heterocycles. The number of hydrogen-bond acceptors (Lipinski definition) is 5. The third-order valence-corrected chi connectivity index (χ3v) is 5.16. The van der Waals surface area contributed by atoms with Crippen LogP contribution in [-0.2, 0) is 11.2 Å². The van der Waals surface area contributed by atoms with Crippen LogP contribution in [0.1, 0.15) is 16.7 Å². The summed E-state index contributed by atoms with van der Waals surface area (Å²) in [6, 6.07) is 18.2. The van der Waals surface area contributed by atoms with Gasteiger partial charge in [0, 0.05) is 16.1 Å². The van der Waals surface area contributed by atoms with Gasteiger partial charge < -0.3 is 10.1 Å². The van der Waals surface area contributed by atoms with Crippen molar-refractivity contribution in [2.75, 3.05) is 5.32 Å². The van der Waals surface area contributed by atoms with Gasteiger partial charge in [0.2, 0.25) is 5.91 Å². The Morgan fingerprint density at radius 2 is 1.70 bits per heavy atom. The van der Waals surface area contributed by atoms with E-state index in [0.29, 0.717) is 9.26 Å². The molecule has 3 rings (SSSR count). The molecule has 0 fully saturated rings. The van der Waals surface area contributed by atoms with Crippen molar-refractivity contribution in [3.8, 4) is 23.6 Å². The molecule has 30 heavy (non-hydrogen) atoms. The number of carbonyl (C=O) groups is 1. The van der Waals surface area contributed by atoms with Gasteiger partial charge in [0.1, 0.15) is 5.75 Å². The molecule has 0 aliphatic carbocycles. The Labute approximate surface area is 191 Å². The van der Waals surface area contributed by atoms with Crippen molar-refractivity contribution in [3.63, 3.8) is 0 Å². The third-order valence-electron chi connectivity index (χ3n) is 4.02. The Morgan fingerprint density at radius 1 is 1.07 bits per heavy atom. The first kappa shape index (κ1) is 21.6. The Balaban J connectivity index is 1.83. The normalized spacial score (nSPS) is 10.0. The molecule has 0 bridgehead atoms. The molecule has 0 aliphatic heterocycles. The molecule has 0 heterocycles. The fourth-order valence-electron chi connectivity index (χ4n) is 2.63. The van der Waals surface area contributed by atoms with Gasteiger partial charge in [-0.2, -0.15) is 10.5 Å². The minimum absolute atomic E-state index is 0.0701. The lowest BCUT2D eigenvalue weighted by molar-refractivity contribution is -0.115. The van der Waals surface area contributed by atoms with Crippen LogP contribution in [0.3, 0.4) is 0 Å². The number of nitrogens with zero attached hydrogens (tertiary/aromatic N) is 2. The van der Waals surface area contributed by atoms with Crippen molar-refractivity contribution in [2.45, 2.75) is 11.3 Å². The first-order valence-electron chi connectivity index (χ1n) is 8.58. The maximum atomic E-state index is 15.1. The SMILES string of the molecule is N#Cc1cc(C#N)cc(Oc2c(I)ccc(CC(=O)Nc3ccc(S)cc3)c2F)c1. The number of hydrogen-bond donors (Lipinski definition) is 2. The Kier molecular flexibility index (Phi) is 6.93. The Bertz CT molecular complexity index is 1170. The highest BCUT2D eigenvalue weighted by atomic mass is 127. The number of anilines is 1. The summed E-state index contributed by atoms with van der Waals surface area (Å²) in [6.45, 7) is 0. The fourth-order valence-corrected chi connectivity index (χ4v) is 3.31. The van der Waals surface area contributed by atoms with Crippen LogP contribution in [0.4, 0.5) is 10.1 Å². The Morgan fingerprint density at radius 3 is 2.30 bits per heavy atom. The van der Waals surface area contributed by atoms with Crippen LogP contribution in [-0.4, -0.2) is 5.91 Å². The van der Waals surface area contributed by atoms with E-state index in [1.165, 1.54) is 24.3 Å². The van der Waals surface area contributed by atoms with Crippen molar-refractivity contribution >= 4 is 46.8 Å².